The Morgan fingerprint density at radius 3 is 2.23 bits per heavy atom. The lowest BCUT2D eigenvalue weighted by Crippen LogP contribution is -2.52. The van der Waals surface area contributed by atoms with Gasteiger partial charge in [0.1, 0.15) is 11.6 Å². The third-order valence-electron chi connectivity index (χ3n) is 4.79. The van der Waals surface area contributed by atoms with Gasteiger partial charge in [0.2, 0.25) is 5.91 Å². The molecular weight excluding hydrogens is 396 g/mol. The SMILES string of the molecule is C/C(=C\[C@H](C(C)C)N(C)C(=O)[C@H](CCc1ccccc1)NC(=O)OC(C)(C)C)C(=O)O. The summed E-state index contributed by atoms with van der Waals surface area (Å²) < 4.78 is 5.34. The smallest absolute Gasteiger partial charge is 0.408 e. The molecule has 2 atom stereocenters. The Balaban J connectivity index is 3.09. The Hall–Kier alpha value is -2.83. The summed E-state index contributed by atoms with van der Waals surface area (Å²) in [5.41, 5.74) is 0.528. The number of alkyl carbamates (subject to hydrolysis) is 1. The van der Waals surface area contributed by atoms with Gasteiger partial charge in [-0.25, -0.2) is 9.59 Å². The van der Waals surface area contributed by atoms with Crippen LogP contribution in [0.25, 0.3) is 0 Å². The Bertz CT molecular complexity index is 781. The first kappa shape index (κ1) is 26.2. The molecule has 0 bridgehead atoms. The number of carbonyl (C=O) groups excluding carboxylic acids is 2. The van der Waals surface area contributed by atoms with Crippen LogP contribution in [0.2, 0.25) is 0 Å². The average molecular weight is 433 g/mol. The molecule has 0 aliphatic heterocycles. The van der Waals surface area contributed by atoms with E-state index in [0.29, 0.717) is 12.8 Å². The summed E-state index contributed by atoms with van der Waals surface area (Å²) >= 11 is 0. The normalized spacial score (nSPS) is 14.0. The average Bonchev–Trinajstić information content (AvgIpc) is 2.67. The maximum Gasteiger partial charge on any atom is 0.408 e. The second-order valence-corrected chi connectivity index (χ2v) is 9.06. The molecule has 7 heteroatoms. The molecule has 172 valence electrons. The summed E-state index contributed by atoms with van der Waals surface area (Å²) in [6.07, 6.45) is 1.90. The maximum atomic E-state index is 13.3. The zero-order valence-corrected chi connectivity index (χ0v) is 19.6. The van der Waals surface area contributed by atoms with Crippen LogP contribution in [0.3, 0.4) is 0 Å². The fraction of sp³-hybridized carbons (Fsp3) is 0.542. The fourth-order valence-electron chi connectivity index (χ4n) is 3.13. The highest BCUT2D eigenvalue weighted by Crippen LogP contribution is 2.17. The van der Waals surface area contributed by atoms with Crippen LogP contribution < -0.4 is 5.32 Å². The van der Waals surface area contributed by atoms with E-state index >= 15 is 0 Å². The zero-order chi connectivity index (χ0) is 23.8. The highest BCUT2D eigenvalue weighted by atomic mass is 16.6. The zero-order valence-electron chi connectivity index (χ0n) is 19.6. The third kappa shape index (κ3) is 9.24. The van der Waals surface area contributed by atoms with E-state index in [4.69, 9.17) is 4.74 Å². The van der Waals surface area contributed by atoms with Gasteiger partial charge < -0.3 is 20.1 Å². The van der Waals surface area contributed by atoms with Crippen molar-refractivity contribution < 1.29 is 24.2 Å². The van der Waals surface area contributed by atoms with E-state index in [9.17, 15) is 19.5 Å². The van der Waals surface area contributed by atoms with E-state index in [1.165, 1.54) is 11.8 Å². The number of ether oxygens (including phenoxy) is 1. The van der Waals surface area contributed by atoms with E-state index in [1.807, 2.05) is 44.2 Å². The van der Waals surface area contributed by atoms with Gasteiger partial charge in [0.15, 0.2) is 0 Å². The van der Waals surface area contributed by atoms with Crippen molar-refractivity contribution in [2.24, 2.45) is 5.92 Å². The molecule has 0 aliphatic rings. The summed E-state index contributed by atoms with van der Waals surface area (Å²) in [5.74, 6) is -1.34. The van der Waals surface area contributed by atoms with Crippen LogP contribution in [-0.2, 0) is 20.7 Å². The first-order valence-corrected chi connectivity index (χ1v) is 10.5. The van der Waals surface area contributed by atoms with Crippen LogP contribution in [-0.4, -0.2) is 52.7 Å². The van der Waals surface area contributed by atoms with Crippen LogP contribution in [0.5, 0.6) is 0 Å². The number of hydrogen-bond donors (Lipinski definition) is 2. The van der Waals surface area contributed by atoms with Gasteiger partial charge in [0, 0.05) is 12.6 Å². The number of nitrogens with one attached hydrogen (secondary N) is 1. The first-order valence-electron chi connectivity index (χ1n) is 10.5. The Kier molecular flexibility index (Phi) is 9.75. The number of carboxylic acids is 1. The molecule has 1 aromatic rings. The van der Waals surface area contributed by atoms with Crippen LogP contribution in [0, 0.1) is 5.92 Å². The highest BCUT2D eigenvalue weighted by molar-refractivity contribution is 5.87. The van der Waals surface area contributed by atoms with Gasteiger partial charge in [-0.15, -0.1) is 0 Å². The summed E-state index contributed by atoms with van der Waals surface area (Å²) in [4.78, 5) is 38.5. The van der Waals surface area contributed by atoms with E-state index in [2.05, 4.69) is 5.32 Å². The number of carbonyl (C=O) groups is 3. The van der Waals surface area contributed by atoms with Crippen molar-refractivity contribution in [2.45, 2.75) is 72.1 Å². The molecule has 0 heterocycles. The number of nitrogens with zero attached hydrogens (tertiary/aromatic N) is 1. The largest absolute Gasteiger partial charge is 0.478 e. The van der Waals surface area contributed by atoms with Crippen molar-refractivity contribution in [2.75, 3.05) is 7.05 Å². The van der Waals surface area contributed by atoms with Gasteiger partial charge in [0.05, 0.1) is 6.04 Å². The van der Waals surface area contributed by atoms with Gasteiger partial charge in [-0.05, 0) is 52.0 Å². The first-order chi connectivity index (χ1) is 14.3. The minimum absolute atomic E-state index is 0.0143. The summed E-state index contributed by atoms with van der Waals surface area (Å²) in [6.45, 7) is 10.6. The van der Waals surface area contributed by atoms with Crippen molar-refractivity contribution in [3.63, 3.8) is 0 Å². The van der Waals surface area contributed by atoms with Gasteiger partial charge in [-0.3, -0.25) is 4.79 Å². The number of rotatable bonds is 9. The molecule has 7 nitrogen and oxygen atoms in total. The molecule has 2 N–H and O–H groups in total. The minimum atomic E-state index is -1.03. The minimum Gasteiger partial charge on any atom is -0.478 e. The Morgan fingerprint density at radius 1 is 1.16 bits per heavy atom. The van der Waals surface area contributed by atoms with E-state index in [0.717, 1.165) is 5.56 Å². The van der Waals surface area contributed by atoms with Crippen LogP contribution in [0.15, 0.2) is 42.0 Å². The number of likely N-dealkylation sites (N-methyl/N-ethyl adjacent to an activating group) is 1. The van der Waals surface area contributed by atoms with E-state index < -0.39 is 29.7 Å². The molecule has 0 unspecified atom stereocenters. The Morgan fingerprint density at radius 2 is 1.74 bits per heavy atom. The van der Waals surface area contributed by atoms with E-state index in [-0.39, 0.29) is 17.4 Å². The number of aliphatic carboxylic acids is 1. The Labute approximate surface area is 185 Å². The lowest BCUT2D eigenvalue weighted by molar-refractivity contribution is -0.135. The monoisotopic (exact) mass is 432 g/mol. The van der Waals surface area contributed by atoms with Crippen molar-refractivity contribution in [3.05, 3.63) is 47.5 Å². The second-order valence-electron chi connectivity index (χ2n) is 9.06. The topological polar surface area (TPSA) is 95.9 Å². The summed E-state index contributed by atoms with van der Waals surface area (Å²) in [5, 5.41) is 11.9. The maximum absolute atomic E-state index is 13.3. The molecule has 2 amide bonds. The number of carboxylic acid groups (broad SMARTS) is 1. The number of amides is 2. The van der Waals surface area contributed by atoms with Gasteiger partial charge in [-0.2, -0.15) is 0 Å². The molecule has 1 rings (SSSR count). The van der Waals surface area contributed by atoms with Gasteiger partial charge >= 0.3 is 12.1 Å². The lowest BCUT2D eigenvalue weighted by atomic mass is 9.98. The molecule has 0 fully saturated rings. The standard InChI is InChI=1S/C24H36N2O5/c1-16(2)20(15-17(3)22(28)29)26(7)21(27)19(25-23(30)31-24(4,5)6)14-13-18-11-9-8-10-12-18/h8-12,15-16,19-20H,13-14H2,1-7H3,(H,25,30)(H,28,29)/b17-15+/t19-,20+/m0/s1. The van der Waals surface area contributed by atoms with Crippen molar-refractivity contribution in [3.8, 4) is 0 Å². The lowest BCUT2D eigenvalue weighted by Gasteiger charge is -2.33. The molecule has 31 heavy (non-hydrogen) atoms. The predicted octanol–water partition coefficient (Wildman–Crippen LogP) is 4.03. The molecular formula is C24H36N2O5. The molecule has 0 aliphatic carbocycles. The van der Waals surface area contributed by atoms with Crippen LogP contribution >= 0.6 is 0 Å². The molecule has 0 spiro atoms. The fourth-order valence-corrected chi connectivity index (χ4v) is 3.13. The third-order valence-corrected chi connectivity index (χ3v) is 4.79. The molecule has 0 saturated carbocycles. The van der Waals surface area contributed by atoms with Crippen molar-refractivity contribution in [1.82, 2.24) is 10.2 Å². The van der Waals surface area contributed by atoms with Crippen molar-refractivity contribution in [1.29, 1.82) is 0 Å². The molecule has 1 aromatic carbocycles. The summed E-state index contributed by atoms with van der Waals surface area (Å²) in [6, 6.07) is 8.47. The van der Waals surface area contributed by atoms with Crippen LogP contribution in [0.4, 0.5) is 4.79 Å². The number of aryl methyl sites for hydroxylation is 1. The molecule has 0 aromatic heterocycles. The highest BCUT2D eigenvalue weighted by Gasteiger charge is 2.30. The number of hydrogen-bond acceptors (Lipinski definition) is 4. The van der Waals surface area contributed by atoms with Crippen LogP contribution in [0.1, 0.15) is 53.5 Å². The molecule has 0 saturated heterocycles. The second kappa shape index (κ2) is 11.5. The van der Waals surface area contributed by atoms with Crippen molar-refractivity contribution >= 4 is 18.0 Å². The number of benzene rings is 1. The quantitative estimate of drug-likeness (QED) is 0.575. The predicted molar refractivity (Wildman–Crippen MR) is 121 cm³/mol. The van der Waals surface area contributed by atoms with Gasteiger partial charge in [0.25, 0.3) is 0 Å². The van der Waals surface area contributed by atoms with E-state index in [1.54, 1.807) is 33.9 Å². The summed E-state index contributed by atoms with van der Waals surface area (Å²) in [7, 11) is 1.63. The van der Waals surface area contributed by atoms with Gasteiger partial charge in [-0.1, -0.05) is 50.3 Å². The molecule has 0 radical (unpaired) electrons.